The van der Waals surface area contributed by atoms with Crippen molar-refractivity contribution in [3.05, 3.63) is 29.6 Å². The molecule has 0 heterocycles. The maximum Gasteiger partial charge on any atom is 0.125 e. The molecule has 0 aliphatic heterocycles. The second-order valence-corrected chi connectivity index (χ2v) is 4.54. The Hall–Kier alpha value is -0.740. The molecule has 1 rings (SSSR count). The van der Waals surface area contributed by atoms with E-state index in [0.717, 1.165) is 12.2 Å². The zero-order chi connectivity index (χ0) is 12.0. The third-order valence-corrected chi connectivity index (χ3v) is 2.87. The first-order valence-electron chi connectivity index (χ1n) is 5.24. The molecule has 0 spiro atoms. The zero-order valence-electron chi connectivity index (χ0n) is 9.57. The van der Waals surface area contributed by atoms with Crippen LogP contribution in [0.5, 0.6) is 5.75 Å². The molecule has 4 heteroatoms. The van der Waals surface area contributed by atoms with Gasteiger partial charge in [-0.15, -0.1) is 0 Å². The second-order valence-electron chi connectivity index (χ2n) is 3.55. The molecular weight excluding hydrogens is 227 g/mol. The van der Waals surface area contributed by atoms with Gasteiger partial charge >= 0.3 is 0 Å². The van der Waals surface area contributed by atoms with E-state index in [1.165, 1.54) is 12.1 Å². The number of benzene rings is 1. The van der Waals surface area contributed by atoms with Gasteiger partial charge in [0.1, 0.15) is 11.6 Å². The highest BCUT2D eigenvalue weighted by molar-refractivity contribution is 7.98. The van der Waals surface area contributed by atoms with Gasteiger partial charge in [0.15, 0.2) is 0 Å². The summed E-state index contributed by atoms with van der Waals surface area (Å²) < 4.78 is 18.5. The molecule has 0 aliphatic carbocycles. The first-order valence-corrected chi connectivity index (χ1v) is 6.63. The van der Waals surface area contributed by atoms with Crippen LogP contribution in [0.2, 0.25) is 0 Å². The van der Waals surface area contributed by atoms with E-state index < -0.39 is 6.10 Å². The molecule has 16 heavy (non-hydrogen) atoms. The van der Waals surface area contributed by atoms with E-state index in [1.807, 2.05) is 6.26 Å². The molecule has 0 amide bonds. The van der Waals surface area contributed by atoms with E-state index in [4.69, 9.17) is 4.74 Å². The summed E-state index contributed by atoms with van der Waals surface area (Å²) in [7, 11) is 0. The number of halogens is 1. The van der Waals surface area contributed by atoms with Crippen LogP contribution < -0.4 is 4.74 Å². The third kappa shape index (κ3) is 4.02. The van der Waals surface area contributed by atoms with Gasteiger partial charge < -0.3 is 9.84 Å². The molecule has 0 saturated heterocycles. The van der Waals surface area contributed by atoms with Gasteiger partial charge in [0, 0.05) is 5.56 Å². The van der Waals surface area contributed by atoms with Crippen LogP contribution in [0.25, 0.3) is 0 Å². The van der Waals surface area contributed by atoms with Gasteiger partial charge in [0.25, 0.3) is 0 Å². The lowest BCUT2D eigenvalue weighted by atomic mass is 10.1. The Morgan fingerprint density at radius 1 is 1.50 bits per heavy atom. The van der Waals surface area contributed by atoms with Crippen molar-refractivity contribution < 1.29 is 14.2 Å². The van der Waals surface area contributed by atoms with E-state index in [-0.39, 0.29) is 5.82 Å². The highest BCUT2D eigenvalue weighted by Gasteiger charge is 2.10. The number of thioether (sulfide) groups is 1. The average molecular weight is 244 g/mol. The molecule has 2 nitrogen and oxygen atoms in total. The molecule has 0 aromatic heterocycles. The normalized spacial score (nSPS) is 12.5. The predicted octanol–water partition coefficient (Wildman–Crippen LogP) is 3.01. The van der Waals surface area contributed by atoms with Crippen LogP contribution in [0, 0.1) is 5.82 Å². The van der Waals surface area contributed by atoms with Crippen LogP contribution in [0.1, 0.15) is 25.0 Å². The molecule has 0 fully saturated rings. The van der Waals surface area contributed by atoms with Crippen LogP contribution in [-0.2, 0) is 0 Å². The molecule has 1 aromatic rings. The lowest BCUT2D eigenvalue weighted by Crippen LogP contribution is -2.03. The summed E-state index contributed by atoms with van der Waals surface area (Å²) in [6, 6.07) is 4.22. The Kier molecular flexibility index (Phi) is 5.63. The fourth-order valence-electron chi connectivity index (χ4n) is 1.36. The molecule has 0 saturated carbocycles. The van der Waals surface area contributed by atoms with E-state index in [9.17, 15) is 9.50 Å². The lowest BCUT2D eigenvalue weighted by molar-refractivity contribution is 0.190. The van der Waals surface area contributed by atoms with Crippen LogP contribution >= 0.6 is 11.8 Å². The first-order chi connectivity index (χ1) is 7.65. The summed E-state index contributed by atoms with van der Waals surface area (Å²) >= 11 is 1.76. The summed E-state index contributed by atoms with van der Waals surface area (Å²) in [5.41, 5.74) is 0.504. The van der Waals surface area contributed by atoms with Crippen molar-refractivity contribution in [3.63, 3.8) is 0 Å². The van der Waals surface area contributed by atoms with Crippen LogP contribution in [-0.4, -0.2) is 23.7 Å². The second kappa shape index (κ2) is 6.76. The molecule has 0 unspecified atom stereocenters. The van der Waals surface area contributed by atoms with Gasteiger partial charge in [0.2, 0.25) is 0 Å². The molecule has 1 N–H and O–H groups in total. The average Bonchev–Trinajstić information content (AvgIpc) is 2.26. The SMILES string of the molecule is CSCCCOc1ccc(F)cc1[C@@H](C)O. The lowest BCUT2D eigenvalue weighted by Gasteiger charge is -2.13. The molecule has 0 bridgehead atoms. The molecule has 1 atom stereocenters. The quantitative estimate of drug-likeness (QED) is 0.780. The Labute approximate surface area is 99.8 Å². The monoisotopic (exact) mass is 244 g/mol. The van der Waals surface area contributed by atoms with Crippen molar-refractivity contribution in [2.24, 2.45) is 0 Å². The van der Waals surface area contributed by atoms with Crippen molar-refractivity contribution in [1.82, 2.24) is 0 Å². The fraction of sp³-hybridized carbons (Fsp3) is 0.500. The predicted molar refractivity (Wildman–Crippen MR) is 65.5 cm³/mol. The minimum atomic E-state index is -0.716. The van der Waals surface area contributed by atoms with Gasteiger partial charge in [-0.05, 0) is 43.6 Å². The van der Waals surface area contributed by atoms with E-state index in [0.29, 0.717) is 17.9 Å². The summed E-state index contributed by atoms with van der Waals surface area (Å²) in [6.07, 6.45) is 2.27. The summed E-state index contributed by atoms with van der Waals surface area (Å²) in [5, 5.41) is 9.48. The van der Waals surface area contributed by atoms with Gasteiger partial charge in [-0.25, -0.2) is 4.39 Å². The fourth-order valence-corrected chi connectivity index (χ4v) is 1.77. The topological polar surface area (TPSA) is 29.5 Å². The van der Waals surface area contributed by atoms with Crippen LogP contribution in [0.4, 0.5) is 4.39 Å². The van der Waals surface area contributed by atoms with Gasteiger partial charge in [-0.2, -0.15) is 11.8 Å². The third-order valence-electron chi connectivity index (χ3n) is 2.17. The number of ether oxygens (including phenoxy) is 1. The number of hydrogen-bond acceptors (Lipinski definition) is 3. The standard InChI is InChI=1S/C12H17FO2S/c1-9(14)11-8-10(13)4-5-12(11)15-6-3-7-16-2/h4-5,8-9,14H,3,6-7H2,1-2H3/t9-/m1/s1. The van der Waals surface area contributed by atoms with Crippen molar-refractivity contribution in [3.8, 4) is 5.75 Å². The number of hydrogen-bond donors (Lipinski definition) is 1. The maximum atomic E-state index is 13.0. The highest BCUT2D eigenvalue weighted by atomic mass is 32.2. The van der Waals surface area contributed by atoms with Gasteiger partial charge in [0.05, 0.1) is 12.7 Å². The number of rotatable bonds is 6. The Morgan fingerprint density at radius 2 is 2.25 bits per heavy atom. The smallest absolute Gasteiger partial charge is 0.125 e. The van der Waals surface area contributed by atoms with Crippen molar-refractivity contribution in [1.29, 1.82) is 0 Å². The number of aliphatic hydroxyl groups excluding tert-OH is 1. The molecule has 0 aliphatic rings. The largest absolute Gasteiger partial charge is 0.493 e. The Bertz CT molecular complexity index is 329. The summed E-state index contributed by atoms with van der Waals surface area (Å²) in [6.45, 7) is 2.19. The maximum absolute atomic E-state index is 13.0. The highest BCUT2D eigenvalue weighted by Crippen LogP contribution is 2.26. The molecular formula is C12H17FO2S. The number of aliphatic hydroxyl groups is 1. The Balaban J connectivity index is 2.64. The van der Waals surface area contributed by atoms with Crippen molar-refractivity contribution in [2.75, 3.05) is 18.6 Å². The van der Waals surface area contributed by atoms with E-state index in [2.05, 4.69) is 0 Å². The summed E-state index contributed by atoms with van der Waals surface area (Å²) in [4.78, 5) is 0. The first kappa shape index (κ1) is 13.3. The van der Waals surface area contributed by atoms with Crippen LogP contribution in [0.3, 0.4) is 0 Å². The Morgan fingerprint density at radius 3 is 2.88 bits per heavy atom. The minimum Gasteiger partial charge on any atom is -0.493 e. The minimum absolute atomic E-state index is 0.354. The van der Waals surface area contributed by atoms with Crippen molar-refractivity contribution >= 4 is 11.8 Å². The van der Waals surface area contributed by atoms with Gasteiger partial charge in [-0.1, -0.05) is 0 Å². The molecule has 0 radical (unpaired) electrons. The summed E-state index contributed by atoms with van der Waals surface area (Å²) in [5.74, 6) is 1.25. The van der Waals surface area contributed by atoms with E-state index >= 15 is 0 Å². The van der Waals surface area contributed by atoms with Crippen LogP contribution in [0.15, 0.2) is 18.2 Å². The molecule has 1 aromatic carbocycles. The van der Waals surface area contributed by atoms with E-state index in [1.54, 1.807) is 24.8 Å². The van der Waals surface area contributed by atoms with Crippen molar-refractivity contribution in [2.45, 2.75) is 19.4 Å². The van der Waals surface area contributed by atoms with Gasteiger partial charge in [-0.3, -0.25) is 0 Å². The zero-order valence-corrected chi connectivity index (χ0v) is 10.4. The molecule has 90 valence electrons.